The minimum Gasteiger partial charge on any atom is -0.305 e. The van der Waals surface area contributed by atoms with E-state index in [0.29, 0.717) is 6.04 Å². The first kappa shape index (κ1) is 11.8. The van der Waals surface area contributed by atoms with Gasteiger partial charge >= 0.3 is 0 Å². The first-order chi connectivity index (χ1) is 7.77. The summed E-state index contributed by atoms with van der Waals surface area (Å²) in [6, 6.07) is 12.9. The molecule has 0 saturated heterocycles. The highest BCUT2D eigenvalue weighted by Gasteiger charge is 2.07. The zero-order chi connectivity index (χ0) is 11.4. The van der Waals surface area contributed by atoms with E-state index < -0.39 is 0 Å². The normalized spacial score (nSPS) is 12.6. The van der Waals surface area contributed by atoms with Crippen LogP contribution in [0.25, 0.3) is 0 Å². The van der Waals surface area contributed by atoms with Crippen molar-refractivity contribution in [2.75, 3.05) is 0 Å². The molecule has 1 heterocycles. The Kier molecular flexibility index (Phi) is 4.16. The summed E-state index contributed by atoms with van der Waals surface area (Å²) in [5.74, 6) is 0. The first-order valence-electron chi connectivity index (χ1n) is 5.27. The molecule has 1 N–H and O–H groups in total. The highest BCUT2D eigenvalue weighted by molar-refractivity contribution is 9.10. The fourth-order valence-corrected chi connectivity index (χ4v) is 2.89. The largest absolute Gasteiger partial charge is 0.305 e. The van der Waals surface area contributed by atoms with Crippen LogP contribution in [-0.2, 0) is 6.54 Å². The van der Waals surface area contributed by atoms with Gasteiger partial charge in [-0.1, -0.05) is 40.2 Å². The van der Waals surface area contributed by atoms with Crippen molar-refractivity contribution in [2.24, 2.45) is 0 Å². The van der Waals surface area contributed by atoms with Gasteiger partial charge in [-0.15, -0.1) is 11.3 Å². The van der Waals surface area contributed by atoms with E-state index in [4.69, 9.17) is 0 Å². The molecular weight excluding hydrogens is 282 g/mol. The van der Waals surface area contributed by atoms with Gasteiger partial charge in [0, 0.05) is 21.9 Å². The summed E-state index contributed by atoms with van der Waals surface area (Å²) >= 11 is 5.37. The van der Waals surface area contributed by atoms with Gasteiger partial charge in [-0.3, -0.25) is 0 Å². The maximum Gasteiger partial charge on any atom is 0.0306 e. The third-order valence-corrected chi connectivity index (χ3v) is 4.13. The van der Waals surface area contributed by atoms with E-state index in [2.05, 4.69) is 63.9 Å². The van der Waals surface area contributed by atoms with Gasteiger partial charge in [-0.25, -0.2) is 0 Å². The zero-order valence-electron chi connectivity index (χ0n) is 9.11. The van der Waals surface area contributed by atoms with Gasteiger partial charge in [-0.2, -0.15) is 0 Å². The van der Waals surface area contributed by atoms with Crippen LogP contribution < -0.4 is 5.32 Å². The quantitative estimate of drug-likeness (QED) is 0.884. The molecule has 0 aliphatic heterocycles. The summed E-state index contributed by atoms with van der Waals surface area (Å²) < 4.78 is 1.17. The van der Waals surface area contributed by atoms with Gasteiger partial charge in [0.25, 0.3) is 0 Å². The van der Waals surface area contributed by atoms with E-state index in [1.165, 1.54) is 14.9 Å². The lowest BCUT2D eigenvalue weighted by atomic mass is 10.1. The van der Waals surface area contributed by atoms with Crippen molar-refractivity contribution < 1.29 is 0 Å². The number of benzene rings is 1. The van der Waals surface area contributed by atoms with Crippen molar-refractivity contribution in [1.29, 1.82) is 0 Å². The Morgan fingerprint density at radius 2 is 2.06 bits per heavy atom. The van der Waals surface area contributed by atoms with Crippen LogP contribution in [0, 0.1) is 0 Å². The molecule has 3 heteroatoms. The SMILES string of the molecule is CC(NCc1cccs1)c1ccccc1Br. The Labute approximate surface area is 109 Å². The topological polar surface area (TPSA) is 12.0 Å². The molecule has 0 spiro atoms. The van der Waals surface area contributed by atoms with E-state index in [1.54, 1.807) is 11.3 Å². The molecule has 2 aromatic rings. The maximum atomic E-state index is 3.58. The van der Waals surface area contributed by atoms with E-state index in [-0.39, 0.29) is 0 Å². The second kappa shape index (κ2) is 5.62. The lowest BCUT2D eigenvalue weighted by Crippen LogP contribution is -2.17. The third-order valence-electron chi connectivity index (χ3n) is 2.53. The number of rotatable bonds is 4. The molecule has 1 aromatic carbocycles. The third kappa shape index (κ3) is 2.94. The molecule has 1 nitrogen and oxygen atoms in total. The summed E-state index contributed by atoms with van der Waals surface area (Å²) in [5.41, 5.74) is 1.30. The molecule has 1 aromatic heterocycles. The predicted octanol–water partition coefficient (Wildman–Crippen LogP) is 4.36. The molecule has 2 rings (SSSR count). The number of halogens is 1. The van der Waals surface area contributed by atoms with Crippen molar-refractivity contribution in [1.82, 2.24) is 5.32 Å². The van der Waals surface area contributed by atoms with Crippen molar-refractivity contribution in [3.63, 3.8) is 0 Å². The molecule has 0 amide bonds. The average molecular weight is 296 g/mol. The molecule has 0 aliphatic carbocycles. The van der Waals surface area contributed by atoms with Crippen LogP contribution >= 0.6 is 27.3 Å². The van der Waals surface area contributed by atoms with E-state index >= 15 is 0 Å². The van der Waals surface area contributed by atoms with Gasteiger partial charge in [0.15, 0.2) is 0 Å². The summed E-state index contributed by atoms with van der Waals surface area (Å²) in [5, 5.41) is 5.63. The molecule has 0 radical (unpaired) electrons. The number of nitrogens with one attached hydrogen (secondary N) is 1. The van der Waals surface area contributed by atoms with Gasteiger partial charge in [-0.05, 0) is 30.0 Å². The van der Waals surface area contributed by atoms with Crippen LogP contribution in [0.3, 0.4) is 0 Å². The smallest absolute Gasteiger partial charge is 0.0306 e. The van der Waals surface area contributed by atoms with E-state index in [9.17, 15) is 0 Å². The molecule has 16 heavy (non-hydrogen) atoms. The molecule has 0 fully saturated rings. The lowest BCUT2D eigenvalue weighted by Gasteiger charge is -2.15. The Morgan fingerprint density at radius 1 is 1.25 bits per heavy atom. The van der Waals surface area contributed by atoms with Gasteiger partial charge in [0.2, 0.25) is 0 Å². The van der Waals surface area contributed by atoms with E-state index in [0.717, 1.165) is 6.54 Å². The monoisotopic (exact) mass is 295 g/mol. The minimum absolute atomic E-state index is 0.359. The van der Waals surface area contributed by atoms with Crippen molar-refractivity contribution >= 4 is 27.3 Å². The average Bonchev–Trinajstić information content (AvgIpc) is 2.79. The fourth-order valence-electron chi connectivity index (χ4n) is 1.60. The van der Waals surface area contributed by atoms with Gasteiger partial charge in [0.05, 0.1) is 0 Å². The second-order valence-corrected chi connectivity index (χ2v) is 5.59. The number of hydrogen-bond donors (Lipinski definition) is 1. The molecule has 0 saturated carbocycles. The van der Waals surface area contributed by atoms with E-state index in [1.807, 2.05) is 6.07 Å². The molecule has 1 unspecified atom stereocenters. The predicted molar refractivity (Wildman–Crippen MR) is 73.7 cm³/mol. The van der Waals surface area contributed by atoms with Crippen molar-refractivity contribution in [3.8, 4) is 0 Å². The standard InChI is InChI=1S/C13H14BrNS/c1-10(12-6-2-3-7-13(12)14)15-9-11-5-4-8-16-11/h2-8,10,15H,9H2,1H3. The Hall–Kier alpha value is -0.640. The molecule has 84 valence electrons. The highest BCUT2D eigenvalue weighted by atomic mass is 79.9. The molecule has 1 atom stereocenters. The molecule has 0 bridgehead atoms. The Bertz CT molecular complexity index is 439. The van der Waals surface area contributed by atoms with Gasteiger partial charge in [0.1, 0.15) is 0 Å². The van der Waals surface area contributed by atoms with Crippen LogP contribution in [0.5, 0.6) is 0 Å². The van der Waals surface area contributed by atoms with Crippen molar-refractivity contribution in [3.05, 3.63) is 56.7 Å². The maximum absolute atomic E-state index is 3.58. The Balaban J connectivity index is 1.98. The number of hydrogen-bond acceptors (Lipinski definition) is 2. The summed E-state index contributed by atoms with van der Waals surface area (Å²) in [4.78, 5) is 1.37. The second-order valence-electron chi connectivity index (χ2n) is 3.70. The number of thiophene rings is 1. The highest BCUT2D eigenvalue weighted by Crippen LogP contribution is 2.23. The fraction of sp³-hybridized carbons (Fsp3) is 0.231. The van der Waals surface area contributed by atoms with Crippen molar-refractivity contribution in [2.45, 2.75) is 19.5 Å². The minimum atomic E-state index is 0.359. The lowest BCUT2D eigenvalue weighted by molar-refractivity contribution is 0.577. The molecule has 0 aliphatic rings. The van der Waals surface area contributed by atoms with Crippen LogP contribution in [0.2, 0.25) is 0 Å². The van der Waals surface area contributed by atoms with Crippen LogP contribution in [0.4, 0.5) is 0 Å². The summed E-state index contributed by atoms with van der Waals surface area (Å²) in [7, 11) is 0. The van der Waals surface area contributed by atoms with Gasteiger partial charge < -0.3 is 5.32 Å². The van der Waals surface area contributed by atoms with Crippen LogP contribution in [0.1, 0.15) is 23.4 Å². The van der Waals surface area contributed by atoms with Crippen LogP contribution in [-0.4, -0.2) is 0 Å². The summed E-state index contributed by atoms with van der Waals surface area (Å²) in [6.45, 7) is 3.12. The Morgan fingerprint density at radius 3 is 2.75 bits per heavy atom. The molecular formula is C13H14BrNS. The first-order valence-corrected chi connectivity index (χ1v) is 6.95. The van der Waals surface area contributed by atoms with Crippen LogP contribution in [0.15, 0.2) is 46.3 Å². The summed E-state index contributed by atoms with van der Waals surface area (Å²) in [6.07, 6.45) is 0. The zero-order valence-corrected chi connectivity index (χ0v) is 11.5.